The Bertz CT molecular complexity index is 1880. The average Bonchev–Trinajstić information content (AvgIpc) is 3.23. The van der Waals surface area contributed by atoms with Gasteiger partial charge in [-0.25, -0.2) is 28.2 Å². The number of primary sulfonamides is 1. The van der Waals surface area contributed by atoms with E-state index in [1.165, 1.54) is 16.8 Å². The molecule has 0 aliphatic heterocycles. The van der Waals surface area contributed by atoms with E-state index in [0.29, 0.717) is 23.2 Å². The quantitative estimate of drug-likeness (QED) is 0.273. The van der Waals surface area contributed by atoms with Crippen LogP contribution in [0.3, 0.4) is 0 Å². The standard InChI is InChI=1S/C25H20Cl3N7O3S/c1-34(2)24-21-23(35(33-24)22-17(26)11-16(12-18(22)27)39(29,37)38)31-20(32-25(21)36)9-13-3-5-14(6-4-13)15-7-8-30-19(28)10-15/h3-8,10-12H,9H2,1-2H3,(H2,29,37,38)(H,31,32,36). The summed E-state index contributed by atoms with van der Waals surface area (Å²) >= 11 is 18.9. The molecule has 10 nitrogen and oxygen atoms in total. The number of pyridine rings is 1. The van der Waals surface area contributed by atoms with Crippen molar-refractivity contribution in [3.63, 3.8) is 0 Å². The molecule has 14 heteroatoms. The molecule has 39 heavy (non-hydrogen) atoms. The van der Waals surface area contributed by atoms with Gasteiger partial charge in [-0.3, -0.25) is 4.79 Å². The lowest BCUT2D eigenvalue weighted by Crippen LogP contribution is -2.16. The van der Waals surface area contributed by atoms with E-state index in [1.807, 2.05) is 30.3 Å². The number of H-pyrrole nitrogens is 1. The van der Waals surface area contributed by atoms with Gasteiger partial charge in [-0.05, 0) is 41.0 Å². The summed E-state index contributed by atoms with van der Waals surface area (Å²) in [6.07, 6.45) is 1.96. The Labute approximate surface area is 238 Å². The van der Waals surface area contributed by atoms with Crippen molar-refractivity contribution < 1.29 is 8.42 Å². The number of hydrogen-bond donors (Lipinski definition) is 2. The van der Waals surface area contributed by atoms with Gasteiger partial charge in [-0.1, -0.05) is 59.1 Å². The van der Waals surface area contributed by atoms with E-state index >= 15 is 0 Å². The predicted octanol–water partition coefficient (Wildman–Crippen LogP) is 4.44. The number of hydrogen-bond acceptors (Lipinski definition) is 7. The molecule has 0 bridgehead atoms. The highest BCUT2D eigenvalue weighted by atomic mass is 35.5. The molecule has 0 unspecified atom stereocenters. The van der Waals surface area contributed by atoms with Crippen molar-refractivity contribution in [1.82, 2.24) is 24.7 Å². The molecule has 3 heterocycles. The maximum Gasteiger partial charge on any atom is 0.264 e. The first-order chi connectivity index (χ1) is 18.4. The Hall–Kier alpha value is -3.48. The molecular formula is C25H20Cl3N7O3S. The third kappa shape index (κ3) is 5.36. The van der Waals surface area contributed by atoms with Gasteiger partial charge in [-0.2, -0.15) is 0 Å². The average molecular weight is 605 g/mol. The number of nitrogens with two attached hydrogens (primary N) is 1. The van der Waals surface area contributed by atoms with Crippen LogP contribution in [0.15, 0.2) is 64.4 Å². The fourth-order valence-electron chi connectivity index (χ4n) is 4.11. The maximum absolute atomic E-state index is 13.2. The molecule has 5 aromatic rings. The van der Waals surface area contributed by atoms with Gasteiger partial charge < -0.3 is 9.88 Å². The molecule has 0 aliphatic carbocycles. The van der Waals surface area contributed by atoms with Crippen molar-refractivity contribution in [1.29, 1.82) is 0 Å². The van der Waals surface area contributed by atoms with Crippen molar-refractivity contribution in [3.8, 4) is 16.8 Å². The van der Waals surface area contributed by atoms with Crippen LogP contribution in [-0.2, 0) is 16.4 Å². The van der Waals surface area contributed by atoms with E-state index in [9.17, 15) is 13.2 Å². The van der Waals surface area contributed by atoms with Crippen molar-refractivity contribution in [3.05, 3.63) is 91.7 Å². The van der Waals surface area contributed by atoms with Crippen molar-refractivity contribution in [2.75, 3.05) is 19.0 Å². The molecule has 3 aromatic heterocycles. The van der Waals surface area contributed by atoms with E-state index in [-0.39, 0.29) is 31.7 Å². The third-order valence-corrected chi connectivity index (χ3v) is 7.58. The Kier molecular flexibility index (Phi) is 7.12. The maximum atomic E-state index is 13.2. The van der Waals surface area contributed by atoms with Crippen LogP contribution in [0.5, 0.6) is 0 Å². The lowest BCUT2D eigenvalue weighted by Gasteiger charge is -2.11. The number of aromatic nitrogens is 5. The smallest absolute Gasteiger partial charge is 0.264 e. The second-order valence-corrected chi connectivity index (χ2v) is 11.6. The first-order valence-corrected chi connectivity index (χ1v) is 14.0. The number of nitrogens with zero attached hydrogens (tertiary/aromatic N) is 5. The molecule has 3 N–H and O–H groups in total. The molecule has 0 aliphatic rings. The van der Waals surface area contributed by atoms with Crippen LogP contribution >= 0.6 is 34.8 Å². The van der Waals surface area contributed by atoms with Gasteiger partial charge in [0.1, 0.15) is 22.1 Å². The van der Waals surface area contributed by atoms with Gasteiger partial charge in [-0.15, -0.1) is 5.10 Å². The lowest BCUT2D eigenvalue weighted by molar-refractivity contribution is 0.598. The number of aromatic amines is 1. The zero-order chi connectivity index (χ0) is 28.1. The Morgan fingerprint density at radius 3 is 2.26 bits per heavy atom. The molecule has 2 aromatic carbocycles. The number of sulfonamides is 1. The molecule has 0 saturated carbocycles. The third-order valence-electron chi connectivity index (χ3n) is 5.91. The van der Waals surface area contributed by atoms with Gasteiger partial charge >= 0.3 is 0 Å². The van der Waals surface area contributed by atoms with Crippen LogP contribution in [0.2, 0.25) is 15.2 Å². The van der Waals surface area contributed by atoms with E-state index in [0.717, 1.165) is 16.7 Å². The van der Waals surface area contributed by atoms with Crippen LogP contribution in [0, 0.1) is 0 Å². The summed E-state index contributed by atoms with van der Waals surface area (Å²) in [6, 6.07) is 13.7. The molecule has 0 saturated heterocycles. The van der Waals surface area contributed by atoms with E-state index in [2.05, 4.69) is 20.1 Å². The molecule has 0 fully saturated rings. The van der Waals surface area contributed by atoms with Gasteiger partial charge in [0.05, 0.1) is 14.9 Å². The first-order valence-electron chi connectivity index (χ1n) is 11.3. The monoisotopic (exact) mass is 603 g/mol. The van der Waals surface area contributed by atoms with Gasteiger partial charge in [0.25, 0.3) is 5.56 Å². The first kappa shape index (κ1) is 27.1. The number of halogens is 3. The summed E-state index contributed by atoms with van der Waals surface area (Å²) in [7, 11) is -0.603. The predicted molar refractivity (Wildman–Crippen MR) is 153 cm³/mol. The summed E-state index contributed by atoms with van der Waals surface area (Å²) in [5, 5.41) is 10.3. The number of nitrogens with one attached hydrogen (secondary N) is 1. The highest BCUT2D eigenvalue weighted by Gasteiger charge is 2.24. The second kappa shape index (κ2) is 10.2. The second-order valence-electron chi connectivity index (χ2n) is 8.86. The summed E-state index contributed by atoms with van der Waals surface area (Å²) < 4.78 is 25.0. The minimum absolute atomic E-state index is 0.0309. The summed E-state index contributed by atoms with van der Waals surface area (Å²) in [5.74, 6) is 0.709. The normalized spacial score (nSPS) is 11.7. The largest absolute Gasteiger partial charge is 0.361 e. The number of rotatable bonds is 6. The zero-order valence-electron chi connectivity index (χ0n) is 20.5. The highest BCUT2D eigenvalue weighted by molar-refractivity contribution is 7.89. The lowest BCUT2D eigenvalue weighted by atomic mass is 10.0. The minimum atomic E-state index is -4.06. The van der Waals surface area contributed by atoms with E-state index in [4.69, 9.17) is 39.9 Å². The fraction of sp³-hybridized carbons (Fsp3) is 0.120. The van der Waals surface area contributed by atoms with Crippen LogP contribution in [0.1, 0.15) is 11.4 Å². The van der Waals surface area contributed by atoms with Crippen LogP contribution in [0.4, 0.5) is 5.82 Å². The number of fused-ring (bicyclic) bond motifs is 1. The topological polar surface area (TPSA) is 140 Å². The Balaban J connectivity index is 1.60. The van der Waals surface area contributed by atoms with Crippen molar-refractivity contribution >= 4 is 61.7 Å². The van der Waals surface area contributed by atoms with E-state index < -0.39 is 15.6 Å². The van der Waals surface area contributed by atoms with Crippen LogP contribution in [0.25, 0.3) is 27.8 Å². The summed E-state index contributed by atoms with van der Waals surface area (Å²) in [4.78, 5) is 26.2. The van der Waals surface area contributed by atoms with E-state index in [1.54, 1.807) is 31.3 Å². The highest BCUT2D eigenvalue weighted by Crippen LogP contribution is 2.34. The number of benzene rings is 2. The molecule has 5 rings (SSSR count). The fourth-order valence-corrected chi connectivity index (χ4v) is 5.62. The Morgan fingerprint density at radius 1 is 1.00 bits per heavy atom. The summed E-state index contributed by atoms with van der Waals surface area (Å²) in [5.41, 5.74) is 2.74. The molecular weight excluding hydrogens is 585 g/mol. The molecule has 0 radical (unpaired) electrons. The number of anilines is 1. The minimum Gasteiger partial charge on any atom is -0.361 e. The van der Waals surface area contributed by atoms with Crippen LogP contribution in [-0.4, -0.2) is 47.2 Å². The van der Waals surface area contributed by atoms with Crippen LogP contribution < -0.4 is 15.6 Å². The van der Waals surface area contributed by atoms with Gasteiger partial charge in [0.2, 0.25) is 10.0 Å². The van der Waals surface area contributed by atoms with Crippen molar-refractivity contribution in [2.45, 2.75) is 11.3 Å². The molecule has 200 valence electrons. The Morgan fingerprint density at radius 2 is 1.67 bits per heavy atom. The molecule has 0 atom stereocenters. The molecule has 0 spiro atoms. The van der Waals surface area contributed by atoms with Crippen molar-refractivity contribution in [2.24, 2.45) is 5.14 Å². The zero-order valence-corrected chi connectivity index (χ0v) is 23.6. The summed E-state index contributed by atoms with van der Waals surface area (Å²) in [6.45, 7) is 0. The SMILES string of the molecule is CN(C)c1nn(-c2c(Cl)cc(S(N)(=O)=O)cc2Cl)c2nc(Cc3ccc(-c4ccnc(Cl)c4)cc3)[nH]c(=O)c12. The van der Waals surface area contributed by atoms with Gasteiger partial charge in [0.15, 0.2) is 11.5 Å². The van der Waals surface area contributed by atoms with Gasteiger partial charge in [0, 0.05) is 26.7 Å². The molecule has 0 amide bonds.